The molecule has 63 heavy (non-hydrogen) atoms. The zero-order valence-corrected chi connectivity index (χ0v) is 37.8. The monoisotopic (exact) mass is 882 g/mol. The van der Waals surface area contributed by atoms with Crippen molar-refractivity contribution in [2.75, 3.05) is 31.6 Å². The number of unbranched alkanes of at least 4 members (excludes halogenated alkanes) is 2. The van der Waals surface area contributed by atoms with Crippen LogP contribution in [0.15, 0.2) is 60.8 Å². The summed E-state index contributed by atoms with van der Waals surface area (Å²) in [7, 11) is 0. The number of β-amino-alcohol motifs (C(OH)–C–C–N with tert-alkyl or cyclic N) is 1. The van der Waals surface area contributed by atoms with E-state index in [2.05, 4.69) is 60.0 Å². The molecule has 2 aliphatic rings. The van der Waals surface area contributed by atoms with E-state index in [1.165, 1.54) is 11.1 Å². The predicted molar refractivity (Wildman–Crippen MR) is 237 cm³/mol. The van der Waals surface area contributed by atoms with Crippen molar-refractivity contribution < 1.29 is 33.8 Å². The van der Waals surface area contributed by atoms with Gasteiger partial charge in [-0.25, -0.2) is 0 Å². The number of likely N-dealkylation sites (tertiary alicyclic amines) is 1. The van der Waals surface area contributed by atoms with Gasteiger partial charge in [-0.1, -0.05) is 60.1 Å². The Labute approximate surface area is 374 Å². The first-order valence-corrected chi connectivity index (χ1v) is 21.6. The van der Waals surface area contributed by atoms with E-state index in [1.54, 1.807) is 42.5 Å². The number of pyridine rings is 1. The maximum Gasteiger partial charge on any atom is 0.251 e. The number of rotatable bonds is 18. The molecule has 1 aliphatic heterocycles. The van der Waals surface area contributed by atoms with Crippen molar-refractivity contribution in [2.45, 2.75) is 111 Å². The maximum atomic E-state index is 13.8. The van der Waals surface area contributed by atoms with Gasteiger partial charge in [0.05, 0.1) is 34.5 Å². The quantitative estimate of drug-likeness (QED) is 0.101. The zero-order chi connectivity index (χ0) is 46.1. The van der Waals surface area contributed by atoms with Crippen molar-refractivity contribution in [1.29, 1.82) is 10.5 Å². The molecule has 2 aromatic carbocycles. The van der Waals surface area contributed by atoms with Gasteiger partial charge < -0.3 is 40.7 Å². The third-order valence-corrected chi connectivity index (χ3v) is 12.1. The van der Waals surface area contributed by atoms with Gasteiger partial charge in [0.2, 0.25) is 17.7 Å². The number of halogens is 1. The topological polar surface area (TPSA) is 219 Å². The van der Waals surface area contributed by atoms with Crippen LogP contribution in [0.25, 0.3) is 0 Å². The summed E-state index contributed by atoms with van der Waals surface area (Å²) in [5.74, 6) is -0.971. The molecule has 1 aromatic heterocycles. The summed E-state index contributed by atoms with van der Waals surface area (Å²) in [6.07, 6.45) is 2.78. The number of carbonyl (C=O) groups excluding carboxylic acids is 4. The van der Waals surface area contributed by atoms with Crippen LogP contribution in [0.3, 0.4) is 0 Å². The number of benzene rings is 2. The van der Waals surface area contributed by atoms with Crippen LogP contribution in [0.1, 0.15) is 101 Å². The van der Waals surface area contributed by atoms with Gasteiger partial charge >= 0.3 is 0 Å². The minimum atomic E-state index is -0.971. The van der Waals surface area contributed by atoms with E-state index in [0.717, 1.165) is 24.9 Å². The van der Waals surface area contributed by atoms with E-state index in [-0.39, 0.29) is 55.0 Å². The van der Waals surface area contributed by atoms with Crippen LogP contribution in [0, 0.1) is 38.9 Å². The molecule has 0 radical (unpaired) electrons. The summed E-state index contributed by atoms with van der Waals surface area (Å²) in [6, 6.07) is 17.6. The Balaban J connectivity index is 0.991. The zero-order valence-electron chi connectivity index (χ0n) is 37.1. The van der Waals surface area contributed by atoms with Crippen molar-refractivity contribution >= 4 is 40.9 Å². The number of aliphatic hydroxyl groups excluding tert-OH is 1. The van der Waals surface area contributed by atoms with E-state index in [9.17, 15) is 29.5 Å². The highest BCUT2D eigenvalue weighted by molar-refractivity contribution is 6.31. The van der Waals surface area contributed by atoms with Gasteiger partial charge in [-0.2, -0.15) is 10.5 Å². The molecule has 1 aliphatic carbocycles. The van der Waals surface area contributed by atoms with Crippen LogP contribution in [-0.2, 0) is 25.7 Å². The van der Waals surface area contributed by atoms with E-state index >= 15 is 0 Å². The maximum absolute atomic E-state index is 13.8. The lowest BCUT2D eigenvalue weighted by Gasteiger charge is -2.63. The summed E-state index contributed by atoms with van der Waals surface area (Å²) < 4.78 is 12.0. The standard InChI is InChI=1S/C47H59ClN8O7/c1-45(2,3)39(42(61)56-27-34(57)21-37(56)41(60)53-26-33-15-11-29(23-49)25-52-33)54-38(58)28-62-20-10-8-9-19-51-32-16-12-30(13-17-32)40(59)55-43-46(4,5)44(47(43,6)7)63-35-18-14-31(24-50)36(48)22-35/h11-18,22,25,34,37,39,43-44,51,57H,8-10,19-21,26-28H2,1-7H3,(H,53,60)(H,54,58)(H,55,59)/t34-,37+,39?,43-,44-/m1/s1. The Kier molecular flexibility index (Phi) is 15.8. The number of amides is 4. The summed E-state index contributed by atoms with van der Waals surface area (Å²) in [5, 5.41) is 41.1. The van der Waals surface area contributed by atoms with Crippen molar-refractivity contribution in [3.05, 3.63) is 88.2 Å². The van der Waals surface area contributed by atoms with Crippen LogP contribution in [-0.4, -0.2) is 95.3 Å². The Bertz CT molecular complexity index is 2180. The highest BCUT2D eigenvalue weighted by Gasteiger charge is 2.64. The number of carbonyl (C=O) groups is 4. The van der Waals surface area contributed by atoms with Crippen molar-refractivity contribution in [2.24, 2.45) is 16.2 Å². The fourth-order valence-corrected chi connectivity index (χ4v) is 8.88. The number of nitrogens with one attached hydrogen (secondary N) is 4. The minimum Gasteiger partial charge on any atom is -0.489 e. The van der Waals surface area contributed by atoms with E-state index in [0.29, 0.717) is 46.3 Å². The molecule has 1 saturated carbocycles. The molecule has 1 saturated heterocycles. The second kappa shape index (κ2) is 20.6. The number of ether oxygens (including phenoxy) is 2. The number of aromatic nitrogens is 1. The van der Waals surface area contributed by atoms with E-state index in [1.807, 2.05) is 39.0 Å². The van der Waals surface area contributed by atoms with Crippen LogP contribution in [0.2, 0.25) is 5.02 Å². The molecule has 0 spiro atoms. The van der Waals surface area contributed by atoms with Crippen molar-refractivity contribution in [1.82, 2.24) is 25.8 Å². The summed E-state index contributed by atoms with van der Waals surface area (Å²) in [4.78, 5) is 58.8. The molecule has 16 heteroatoms. The lowest BCUT2D eigenvalue weighted by atomic mass is 9.49. The van der Waals surface area contributed by atoms with Gasteiger partial charge in [0.1, 0.15) is 42.7 Å². The van der Waals surface area contributed by atoms with Crippen LogP contribution >= 0.6 is 11.6 Å². The molecule has 2 heterocycles. The average Bonchev–Trinajstić information content (AvgIpc) is 3.65. The Morgan fingerprint density at radius 1 is 0.984 bits per heavy atom. The molecule has 1 unspecified atom stereocenters. The van der Waals surface area contributed by atoms with Crippen LogP contribution in [0.5, 0.6) is 5.75 Å². The molecule has 5 rings (SSSR count). The highest BCUT2D eigenvalue weighted by Crippen LogP contribution is 2.55. The molecule has 3 atom stereocenters. The fraction of sp³-hybridized carbons (Fsp3) is 0.511. The Morgan fingerprint density at radius 3 is 2.32 bits per heavy atom. The van der Waals surface area contributed by atoms with Crippen LogP contribution in [0.4, 0.5) is 5.69 Å². The average molecular weight is 883 g/mol. The molecule has 2 fully saturated rings. The fourth-order valence-electron chi connectivity index (χ4n) is 8.67. The number of hydrogen-bond donors (Lipinski definition) is 5. The first-order valence-electron chi connectivity index (χ1n) is 21.3. The molecular formula is C47H59ClN8O7. The van der Waals surface area contributed by atoms with Crippen LogP contribution < -0.4 is 26.0 Å². The van der Waals surface area contributed by atoms with Gasteiger partial charge in [0.25, 0.3) is 5.91 Å². The van der Waals surface area contributed by atoms with Gasteiger partial charge in [-0.15, -0.1) is 0 Å². The van der Waals surface area contributed by atoms with E-state index in [4.69, 9.17) is 26.3 Å². The highest BCUT2D eigenvalue weighted by atomic mass is 35.5. The Morgan fingerprint density at radius 2 is 1.70 bits per heavy atom. The summed E-state index contributed by atoms with van der Waals surface area (Å²) in [6.45, 7) is 14.6. The van der Waals surface area contributed by atoms with Gasteiger partial charge in [-0.3, -0.25) is 24.2 Å². The smallest absolute Gasteiger partial charge is 0.251 e. The number of hydrogen-bond acceptors (Lipinski definition) is 11. The SMILES string of the molecule is CC(C)(C)C(NC(=O)COCCCCCNc1ccc(C(=O)N[C@H]2C(C)(C)[C@H](Oc3ccc(C#N)c(Cl)c3)C2(C)C)cc1)C(=O)N1C[C@H](O)C[C@H]1C(=O)NCc1ccc(C#N)cn1. The molecule has 15 nitrogen and oxygen atoms in total. The number of anilines is 1. The van der Waals surface area contributed by atoms with E-state index < -0.39 is 41.3 Å². The Hall–Kier alpha value is -5.74. The second-order valence-corrected chi connectivity index (χ2v) is 19.0. The number of aliphatic hydroxyl groups is 1. The largest absolute Gasteiger partial charge is 0.489 e. The van der Waals surface area contributed by atoms with Gasteiger partial charge in [0, 0.05) is 66.5 Å². The molecule has 3 aromatic rings. The third-order valence-electron chi connectivity index (χ3n) is 11.8. The van der Waals surface area contributed by atoms with Crippen molar-refractivity contribution in [3.8, 4) is 17.9 Å². The third kappa shape index (κ3) is 12.0. The summed E-state index contributed by atoms with van der Waals surface area (Å²) >= 11 is 6.23. The first kappa shape index (κ1) is 48.3. The molecule has 4 amide bonds. The van der Waals surface area contributed by atoms with Gasteiger partial charge in [0.15, 0.2) is 0 Å². The van der Waals surface area contributed by atoms with Crippen molar-refractivity contribution in [3.63, 3.8) is 0 Å². The molecule has 5 N–H and O–H groups in total. The normalized spacial score (nSPS) is 20.3. The molecule has 0 bridgehead atoms. The predicted octanol–water partition coefficient (Wildman–Crippen LogP) is 5.50. The second-order valence-electron chi connectivity index (χ2n) is 18.5. The minimum absolute atomic E-state index is 0.0434. The first-order chi connectivity index (χ1) is 29.8. The lowest BCUT2D eigenvalue weighted by molar-refractivity contribution is -0.164. The number of nitriles is 2. The van der Waals surface area contributed by atoms with Gasteiger partial charge in [-0.05, 0) is 73.2 Å². The lowest BCUT2D eigenvalue weighted by Crippen LogP contribution is -2.74. The molecule has 336 valence electrons. The molecular weight excluding hydrogens is 824 g/mol. The number of nitrogens with zero attached hydrogens (tertiary/aromatic N) is 4. The summed E-state index contributed by atoms with van der Waals surface area (Å²) in [5.41, 5.74) is 1.28.